The molecular formula is C29H40O8. The number of hydrogen-bond donors (Lipinski definition) is 4. The minimum atomic E-state index is -1.48. The molecule has 204 valence electrons. The topological polar surface area (TPSA) is 134 Å². The SMILES string of the molecule is C=CC[C@H]1C[C@]2(O)C[C@H](C(C)(C)O)OC2=C(CC2=C3O[C@@H](C(C)(C)O)C[C@@]3(O)C[C@H](CC=C)C2=O)C1=O. The van der Waals surface area contributed by atoms with Gasteiger partial charge in [0.15, 0.2) is 11.6 Å². The number of ketones is 2. The molecule has 2 saturated heterocycles. The summed E-state index contributed by atoms with van der Waals surface area (Å²) in [6, 6.07) is 0. The molecule has 0 bridgehead atoms. The second-order valence-corrected chi connectivity index (χ2v) is 12.4. The molecule has 0 spiro atoms. The van der Waals surface area contributed by atoms with E-state index >= 15 is 0 Å². The summed E-state index contributed by atoms with van der Waals surface area (Å²) in [5, 5.41) is 44.5. The quantitative estimate of drug-likeness (QED) is 0.362. The van der Waals surface area contributed by atoms with Crippen LogP contribution in [0.3, 0.4) is 0 Å². The van der Waals surface area contributed by atoms with Gasteiger partial charge in [-0.25, -0.2) is 0 Å². The molecule has 0 aromatic heterocycles. The van der Waals surface area contributed by atoms with Gasteiger partial charge >= 0.3 is 0 Å². The number of hydrogen-bond acceptors (Lipinski definition) is 8. The van der Waals surface area contributed by atoms with Crippen molar-refractivity contribution in [2.75, 3.05) is 0 Å². The lowest BCUT2D eigenvalue weighted by Gasteiger charge is -2.36. The van der Waals surface area contributed by atoms with Gasteiger partial charge in [-0.15, -0.1) is 13.2 Å². The molecule has 8 nitrogen and oxygen atoms in total. The van der Waals surface area contributed by atoms with Crippen LogP contribution in [0.1, 0.15) is 72.6 Å². The van der Waals surface area contributed by atoms with Crippen molar-refractivity contribution < 1.29 is 39.5 Å². The second-order valence-electron chi connectivity index (χ2n) is 12.4. The second kappa shape index (κ2) is 9.19. The molecular weight excluding hydrogens is 476 g/mol. The predicted molar refractivity (Wildman–Crippen MR) is 136 cm³/mol. The van der Waals surface area contributed by atoms with Gasteiger partial charge in [-0.2, -0.15) is 0 Å². The van der Waals surface area contributed by atoms with Crippen molar-refractivity contribution in [3.8, 4) is 0 Å². The maximum atomic E-state index is 13.7. The largest absolute Gasteiger partial charge is 0.488 e. The van der Waals surface area contributed by atoms with Gasteiger partial charge in [-0.05, 0) is 53.4 Å². The van der Waals surface area contributed by atoms with Gasteiger partial charge < -0.3 is 29.9 Å². The Balaban J connectivity index is 1.84. The molecule has 0 amide bonds. The van der Waals surface area contributed by atoms with Gasteiger partial charge in [-0.1, -0.05) is 12.2 Å². The standard InChI is InChI=1S/C29H40O8/c1-7-9-16-12-28(34)14-20(26(3,4)32)36-24(28)18(22(16)30)11-19-23(31)17(10-8-2)13-29(35)15-21(27(5,6)33)37-25(19)29/h7-8,16-17,20-21,32-35H,1-2,9-15H2,3-6H3/t16-,17-,20+,21+,28-,29-/m0/s1. The van der Waals surface area contributed by atoms with E-state index in [4.69, 9.17) is 9.47 Å². The summed E-state index contributed by atoms with van der Waals surface area (Å²) in [7, 11) is 0. The van der Waals surface area contributed by atoms with Crippen molar-refractivity contribution >= 4 is 11.6 Å². The number of carbonyl (C=O) groups excluding carboxylic acids is 2. The van der Waals surface area contributed by atoms with Gasteiger partial charge in [0.05, 0.1) is 11.2 Å². The fraction of sp³-hybridized carbons (Fsp3) is 0.655. The average Bonchev–Trinajstić information content (AvgIpc) is 3.31. The minimum absolute atomic E-state index is 0.0808. The van der Waals surface area contributed by atoms with Crippen molar-refractivity contribution in [1.29, 1.82) is 0 Å². The highest BCUT2D eigenvalue weighted by atomic mass is 16.5. The maximum absolute atomic E-state index is 13.7. The molecule has 0 aromatic rings. The Kier molecular flexibility index (Phi) is 6.89. The number of allylic oxidation sites excluding steroid dienone is 4. The summed E-state index contributed by atoms with van der Waals surface area (Å²) in [5.74, 6) is -1.49. The maximum Gasteiger partial charge on any atom is 0.166 e. The van der Waals surface area contributed by atoms with E-state index < -0.39 is 46.4 Å². The first-order valence-electron chi connectivity index (χ1n) is 13.0. The first kappa shape index (κ1) is 27.8. The van der Waals surface area contributed by atoms with Crippen LogP contribution in [0, 0.1) is 11.8 Å². The van der Waals surface area contributed by atoms with E-state index in [1.54, 1.807) is 39.8 Å². The lowest BCUT2D eigenvalue weighted by Crippen LogP contribution is -2.43. The van der Waals surface area contributed by atoms with E-state index in [1.165, 1.54) is 0 Å². The number of ether oxygens (including phenoxy) is 2. The number of rotatable bonds is 8. The van der Waals surface area contributed by atoms with Crippen LogP contribution >= 0.6 is 0 Å². The highest BCUT2D eigenvalue weighted by Crippen LogP contribution is 2.52. The van der Waals surface area contributed by atoms with Gasteiger partial charge in [0, 0.05) is 42.2 Å². The molecule has 37 heavy (non-hydrogen) atoms. The monoisotopic (exact) mass is 516 g/mol. The minimum Gasteiger partial charge on any atom is -0.488 e. The van der Waals surface area contributed by atoms with Gasteiger partial charge in [-0.3, -0.25) is 9.59 Å². The Morgan fingerprint density at radius 2 is 1.14 bits per heavy atom. The summed E-state index contributed by atoms with van der Waals surface area (Å²) in [6.07, 6.45) is 2.72. The highest BCUT2D eigenvalue weighted by Gasteiger charge is 2.58. The van der Waals surface area contributed by atoms with Crippen LogP contribution in [-0.2, 0) is 19.1 Å². The van der Waals surface area contributed by atoms with Crippen molar-refractivity contribution in [1.82, 2.24) is 0 Å². The first-order chi connectivity index (χ1) is 17.0. The third kappa shape index (κ3) is 4.85. The Morgan fingerprint density at radius 3 is 1.43 bits per heavy atom. The first-order valence-corrected chi connectivity index (χ1v) is 13.0. The highest BCUT2D eigenvalue weighted by molar-refractivity contribution is 6.05. The summed E-state index contributed by atoms with van der Waals surface area (Å²) < 4.78 is 12.1. The molecule has 2 heterocycles. The van der Waals surface area contributed by atoms with Crippen molar-refractivity contribution in [3.05, 3.63) is 48.0 Å². The van der Waals surface area contributed by atoms with Crippen LogP contribution in [0.15, 0.2) is 48.0 Å². The van der Waals surface area contributed by atoms with Crippen LogP contribution in [0.25, 0.3) is 0 Å². The van der Waals surface area contributed by atoms with Gasteiger partial charge in [0.25, 0.3) is 0 Å². The normalized spacial score (nSPS) is 36.2. The molecule has 2 fully saturated rings. The molecule has 4 N–H and O–H groups in total. The Bertz CT molecular complexity index is 986. The van der Waals surface area contributed by atoms with Gasteiger partial charge in [0.1, 0.15) is 34.9 Å². The van der Waals surface area contributed by atoms with Crippen LogP contribution < -0.4 is 0 Å². The Morgan fingerprint density at radius 1 is 0.784 bits per heavy atom. The van der Waals surface area contributed by atoms with Crippen LogP contribution in [0.5, 0.6) is 0 Å². The van der Waals surface area contributed by atoms with Gasteiger partial charge in [0.2, 0.25) is 0 Å². The Hall–Kier alpha value is -2.26. The number of fused-ring (bicyclic) bond motifs is 2. The van der Waals surface area contributed by atoms with Crippen molar-refractivity contribution in [3.63, 3.8) is 0 Å². The van der Waals surface area contributed by atoms with Crippen molar-refractivity contribution in [2.45, 2.75) is 107 Å². The molecule has 6 atom stereocenters. The van der Waals surface area contributed by atoms with E-state index in [-0.39, 0.29) is 66.3 Å². The summed E-state index contributed by atoms with van der Waals surface area (Å²) in [4.78, 5) is 27.4. The summed E-state index contributed by atoms with van der Waals surface area (Å²) >= 11 is 0. The molecule has 8 heteroatoms. The summed E-state index contributed by atoms with van der Waals surface area (Å²) in [5.41, 5.74) is -5.19. The molecule has 4 aliphatic rings. The van der Waals surface area contributed by atoms with Crippen LogP contribution in [-0.4, -0.2) is 66.6 Å². The zero-order valence-corrected chi connectivity index (χ0v) is 22.2. The number of Topliss-reactive ketones (excluding diaryl/α,β-unsaturated/α-hetero) is 2. The van der Waals surface area contributed by atoms with Crippen LogP contribution in [0.4, 0.5) is 0 Å². The third-order valence-corrected chi connectivity index (χ3v) is 8.30. The molecule has 2 aliphatic heterocycles. The number of aliphatic hydroxyl groups is 4. The molecule has 4 rings (SSSR count). The van der Waals surface area contributed by atoms with E-state index in [9.17, 15) is 30.0 Å². The van der Waals surface area contributed by atoms with E-state index in [2.05, 4.69) is 13.2 Å². The van der Waals surface area contributed by atoms with Crippen molar-refractivity contribution in [2.24, 2.45) is 11.8 Å². The Labute approximate surface area is 218 Å². The molecule has 0 saturated carbocycles. The zero-order valence-electron chi connectivity index (χ0n) is 22.2. The molecule has 2 aliphatic carbocycles. The molecule has 0 unspecified atom stereocenters. The van der Waals surface area contributed by atoms with Crippen LogP contribution in [0.2, 0.25) is 0 Å². The fourth-order valence-electron chi connectivity index (χ4n) is 6.24. The molecule has 0 radical (unpaired) electrons. The van der Waals surface area contributed by atoms with E-state index in [0.29, 0.717) is 12.8 Å². The fourth-order valence-corrected chi connectivity index (χ4v) is 6.24. The zero-order chi connectivity index (χ0) is 27.6. The predicted octanol–water partition coefficient (Wildman–Crippen LogP) is 2.80. The van der Waals surface area contributed by atoms with E-state index in [1.807, 2.05) is 0 Å². The smallest absolute Gasteiger partial charge is 0.166 e. The average molecular weight is 517 g/mol. The lowest BCUT2D eigenvalue weighted by molar-refractivity contribution is -0.124. The molecule has 0 aromatic carbocycles. The van der Waals surface area contributed by atoms with E-state index in [0.717, 1.165) is 0 Å². The lowest BCUT2D eigenvalue weighted by atomic mass is 9.69. The third-order valence-electron chi connectivity index (χ3n) is 8.30. The number of carbonyl (C=O) groups is 2. The summed E-state index contributed by atoms with van der Waals surface area (Å²) in [6.45, 7) is 13.8.